The summed E-state index contributed by atoms with van der Waals surface area (Å²) in [5.74, 6) is 0.568. The second kappa shape index (κ2) is 4.44. The summed E-state index contributed by atoms with van der Waals surface area (Å²) >= 11 is 5.75. The van der Waals surface area contributed by atoms with Crippen LogP contribution in [0.1, 0.15) is 11.7 Å². The molecule has 1 rings (SSSR count). The zero-order valence-electron chi connectivity index (χ0n) is 7.13. The third-order valence-electron chi connectivity index (χ3n) is 1.71. The van der Waals surface area contributed by atoms with Crippen LogP contribution < -0.4 is 4.74 Å². The molecule has 1 atom stereocenters. The zero-order chi connectivity index (χ0) is 9.84. The van der Waals surface area contributed by atoms with Crippen molar-refractivity contribution in [1.82, 2.24) is 0 Å². The third kappa shape index (κ3) is 2.32. The van der Waals surface area contributed by atoms with Crippen LogP contribution in [-0.4, -0.2) is 18.8 Å². The maximum atomic E-state index is 13.0. The number of aliphatic hydroxyl groups is 1. The molecule has 0 saturated heterocycles. The first-order chi connectivity index (χ1) is 6.19. The Morgan fingerprint density at radius 3 is 2.77 bits per heavy atom. The molecule has 13 heavy (non-hydrogen) atoms. The second-order valence-corrected chi connectivity index (χ2v) is 2.94. The van der Waals surface area contributed by atoms with E-state index in [1.54, 1.807) is 6.07 Å². The maximum Gasteiger partial charge on any atom is 0.150 e. The summed E-state index contributed by atoms with van der Waals surface area (Å²) in [5, 5.41) is 8.84. The van der Waals surface area contributed by atoms with Crippen LogP contribution in [0.2, 0.25) is 5.02 Å². The molecule has 2 nitrogen and oxygen atoms in total. The second-order valence-electron chi connectivity index (χ2n) is 2.54. The summed E-state index contributed by atoms with van der Waals surface area (Å²) in [7, 11) is 1.50. The number of aliphatic hydroxyl groups excluding tert-OH is 1. The van der Waals surface area contributed by atoms with Gasteiger partial charge in [0.05, 0.1) is 18.7 Å². The number of rotatable bonds is 3. The summed E-state index contributed by atoms with van der Waals surface area (Å²) in [4.78, 5) is 0. The van der Waals surface area contributed by atoms with Gasteiger partial charge >= 0.3 is 0 Å². The largest absolute Gasteiger partial charge is 0.497 e. The van der Waals surface area contributed by atoms with Gasteiger partial charge in [0.2, 0.25) is 0 Å². The Balaban J connectivity index is 2.98. The Kier molecular flexibility index (Phi) is 3.51. The Labute approximate surface area is 80.9 Å². The van der Waals surface area contributed by atoms with Gasteiger partial charge in [0, 0.05) is 5.56 Å². The minimum absolute atomic E-state index is 0.265. The molecule has 0 heterocycles. The summed E-state index contributed by atoms with van der Waals surface area (Å²) in [5.41, 5.74) is 0.282. The molecule has 0 radical (unpaired) electrons. The van der Waals surface area contributed by atoms with Gasteiger partial charge in [-0.05, 0) is 12.1 Å². The predicted octanol–water partition coefficient (Wildman–Crippen LogP) is 2.35. The molecule has 0 bridgehead atoms. The number of alkyl halides is 1. The topological polar surface area (TPSA) is 29.5 Å². The van der Waals surface area contributed by atoms with Crippen LogP contribution in [0.5, 0.6) is 5.75 Å². The van der Waals surface area contributed by atoms with Crippen molar-refractivity contribution in [1.29, 1.82) is 0 Å². The van der Waals surface area contributed by atoms with E-state index >= 15 is 0 Å². The lowest BCUT2D eigenvalue weighted by atomic mass is 10.1. The van der Waals surface area contributed by atoms with E-state index in [1.807, 2.05) is 0 Å². The summed E-state index contributed by atoms with van der Waals surface area (Å²) in [6.45, 7) is -0.563. The van der Waals surface area contributed by atoms with Crippen molar-refractivity contribution in [2.75, 3.05) is 13.7 Å². The van der Waals surface area contributed by atoms with Crippen molar-refractivity contribution in [3.05, 3.63) is 28.8 Å². The number of hydrogen-bond acceptors (Lipinski definition) is 2. The van der Waals surface area contributed by atoms with Crippen LogP contribution in [0.3, 0.4) is 0 Å². The summed E-state index contributed by atoms with van der Waals surface area (Å²) in [6, 6.07) is 4.62. The van der Waals surface area contributed by atoms with Crippen LogP contribution in [0, 0.1) is 0 Å². The van der Waals surface area contributed by atoms with E-state index in [0.717, 1.165) is 0 Å². The fraction of sp³-hybridized carbons (Fsp3) is 0.333. The molecule has 1 N–H and O–H groups in total. The van der Waals surface area contributed by atoms with Gasteiger partial charge in [0.15, 0.2) is 0 Å². The number of ether oxygens (including phenoxy) is 1. The van der Waals surface area contributed by atoms with E-state index in [4.69, 9.17) is 21.4 Å². The molecule has 0 saturated carbocycles. The van der Waals surface area contributed by atoms with E-state index < -0.39 is 12.8 Å². The lowest BCUT2D eigenvalue weighted by Crippen LogP contribution is -1.98. The highest BCUT2D eigenvalue weighted by atomic mass is 35.5. The highest BCUT2D eigenvalue weighted by Gasteiger charge is 2.12. The Hall–Kier alpha value is -0.800. The normalized spacial score (nSPS) is 12.6. The van der Waals surface area contributed by atoms with Crippen molar-refractivity contribution in [3.8, 4) is 5.75 Å². The standard InChI is InChI=1S/C9H10ClFO2/c1-13-6-2-3-7(8(10)4-6)9(11)5-12/h2-4,9,12H,5H2,1H3. The quantitative estimate of drug-likeness (QED) is 0.819. The van der Waals surface area contributed by atoms with Crippen LogP contribution >= 0.6 is 11.6 Å². The molecule has 1 unspecified atom stereocenters. The molecule has 1 aromatic rings. The number of hydrogen-bond donors (Lipinski definition) is 1. The van der Waals surface area contributed by atoms with Crippen molar-refractivity contribution in [3.63, 3.8) is 0 Å². The highest BCUT2D eigenvalue weighted by molar-refractivity contribution is 6.31. The van der Waals surface area contributed by atoms with Crippen LogP contribution in [0.4, 0.5) is 4.39 Å². The van der Waals surface area contributed by atoms with Gasteiger partial charge in [-0.25, -0.2) is 4.39 Å². The molecule has 72 valence electrons. The molecule has 0 aliphatic rings. The summed E-state index contributed by atoms with van der Waals surface area (Å²) < 4.78 is 17.9. The van der Waals surface area contributed by atoms with Gasteiger partial charge in [0.25, 0.3) is 0 Å². The zero-order valence-corrected chi connectivity index (χ0v) is 7.88. The first-order valence-electron chi connectivity index (χ1n) is 3.77. The average molecular weight is 205 g/mol. The smallest absolute Gasteiger partial charge is 0.150 e. The molecule has 1 aromatic carbocycles. The van der Waals surface area contributed by atoms with E-state index in [0.29, 0.717) is 5.75 Å². The van der Waals surface area contributed by atoms with Crippen LogP contribution in [0.25, 0.3) is 0 Å². The van der Waals surface area contributed by atoms with Crippen molar-refractivity contribution >= 4 is 11.6 Å². The number of halogens is 2. The minimum Gasteiger partial charge on any atom is -0.497 e. The van der Waals surface area contributed by atoms with Crippen LogP contribution in [0.15, 0.2) is 18.2 Å². The van der Waals surface area contributed by atoms with Gasteiger partial charge in [-0.1, -0.05) is 17.7 Å². The first kappa shape index (κ1) is 10.3. The van der Waals surface area contributed by atoms with Gasteiger partial charge in [-0.3, -0.25) is 0 Å². The van der Waals surface area contributed by atoms with Crippen molar-refractivity contribution in [2.45, 2.75) is 6.17 Å². The average Bonchev–Trinajstić information content (AvgIpc) is 2.16. The van der Waals surface area contributed by atoms with Gasteiger partial charge in [0.1, 0.15) is 11.9 Å². The molecule has 0 fully saturated rings. The predicted molar refractivity (Wildman–Crippen MR) is 48.9 cm³/mol. The lowest BCUT2D eigenvalue weighted by molar-refractivity contribution is 0.180. The van der Waals surface area contributed by atoms with Gasteiger partial charge in [-0.15, -0.1) is 0 Å². The molecule has 0 spiro atoms. The Morgan fingerprint density at radius 2 is 2.31 bits per heavy atom. The number of methoxy groups -OCH3 is 1. The third-order valence-corrected chi connectivity index (χ3v) is 2.03. The van der Waals surface area contributed by atoms with Gasteiger partial charge in [-0.2, -0.15) is 0 Å². The van der Waals surface area contributed by atoms with Crippen molar-refractivity contribution in [2.24, 2.45) is 0 Å². The SMILES string of the molecule is COc1ccc(C(F)CO)c(Cl)c1. The molecule has 0 aliphatic carbocycles. The van der Waals surface area contributed by atoms with Gasteiger partial charge < -0.3 is 9.84 Å². The first-order valence-corrected chi connectivity index (χ1v) is 4.15. The number of benzene rings is 1. The van der Waals surface area contributed by atoms with E-state index in [9.17, 15) is 4.39 Å². The Bertz CT molecular complexity index is 291. The molecular weight excluding hydrogens is 195 g/mol. The van der Waals surface area contributed by atoms with E-state index in [-0.39, 0.29) is 10.6 Å². The maximum absolute atomic E-state index is 13.0. The van der Waals surface area contributed by atoms with E-state index in [2.05, 4.69) is 0 Å². The van der Waals surface area contributed by atoms with Crippen LogP contribution in [-0.2, 0) is 0 Å². The minimum atomic E-state index is -1.43. The van der Waals surface area contributed by atoms with E-state index in [1.165, 1.54) is 19.2 Å². The molecular formula is C9H10ClFO2. The Morgan fingerprint density at radius 1 is 1.62 bits per heavy atom. The fourth-order valence-electron chi connectivity index (χ4n) is 0.987. The summed E-state index contributed by atoms with van der Waals surface area (Å²) in [6.07, 6.45) is -1.43. The molecule has 4 heteroatoms. The molecule has 0 amide bonds. The monoisotopic (exact) mass is 204 g/mol. The molecule has 0 aromatic heterocycles. The highest BCUT2D eigenvalue weighted by Crippen LogP contribution is 2.28. The fourth-order valence-corrected chi connectivity index (χ4v) is 1.28. The van der Waals surface area contributed by atoms with Crippen molar-refractivity contribution < 1.29 is 14.2 Å². The molecule has 0 aliphatic heterocycles. The lowest BCUT2D eigenvalue weighted by Gasteiger charge is -2.08.